The first-order chi connectivity index (χ1) is 13.2. The van der Waals surface area contributed by atoms with Crippen molar-refractivity contribution in [3.8, 4) is 0 Å². The Balaban J connectivity index is 2.29. The Morgan fingerprint density at radius 3 is 2.61 bits per heavy atom. The highest BCUT2D eigenvalue weighted by Crippen LogP contribution is 2.26. The number of benzene rings is 1. The summed E-state index contributed by atoms with van der Waals surface area (Å²) < 4.78 is 16.9. The van der Waals surface area contributed by atoms with E-state index in [4.69, 9.17) is 5.11 Å². The summed E-state index contributed by atoms with van der Waals surface area (Å²) in [5, 5.41) is 21.4. The Bertz CT molecular complexity index is 1170. The fourth-order valence-corrected chi connectivity index (χ4v) is 3.03. The van der Waals surface area contributed by atoms with E-state index in [0.717, 1.165) is 26.6 Å². The zero-order chi connectivity index (χ0) is 20.6. The van der Waals surface area contributed by atoms with E-state index in [1.807, 2.05) is 26.0 Å². The van der Waals surface area contributed by atoms with Crippen molar-refractivity contribution in [1.29, 1.82) is 0 Å². The lowest BCUT2D eigenvalue weighted by atomic mass is 10.1. The maximum atomic E-state index is 14.9. The number of hydrogen-bond acceptors (Lipinski definition) is 6. The van der Waals surface area contributed by atoms with Gasteiger partial charge in [-0.3, -0.25) is 18.7 Å². The normalized spacial score (nSPS) is 12.4. The van der Waals surface area contributed by atoms with E-state index < -0.39 is 29.6 Å². The molecule has 0 saturated heterocycles. The van der Waals surface area contributed by atoms with E-state index in [1.165, 1.54) is 7.05 Å². The molecule has 8 nitrogen and oxygen atoms in total. The van der Waals surface area contributed by atoms with Crippen LogP contribution in [0.15, 0.2) is 34.1 Å². The number of aromatic nitrogens is 3. The Morgan fingerprint density at radius 1 is 1.25 bits per heavy atom. The molecule has 2 heterocycles. The molecule has 1 atom stereocenters. The first-order valence-electron chi connectivity index (χ1n) is 8.65. The van der Waals surface area contributed by atoms with Gasteiger partial charge in [-0.25, -0.2) is 4.98 Å². The molecule has 3 rings (SSSR count). The van der Waals surface area contributed by atoms with E-state index in [1.54, 1.807) is 6.07 Å². The van der Waals surface area contributed by atoms with Crippen molar-refractivity contribution in [3.63, 3.8) is 0 Å². The average Bonchev–Trinajstić information content (AvgIpc) is 2.66. The second kappa shape index (κ2) is 7.53. The minimum Gasteiger partial charge on any atom is -0.394 e. The summed E-state index contributed by atoms with van der Waals surface area (Å²) in [6.45, 7) is 2.98. The minimum atomic E-state index is -1.18. The van der Waals surface area contributed by atoms with Gasteiger partial charge in [0.05, 0.1) is 24.9 Å². The number of hydrogen-bond donors (Lipinski definition) is 3. The van der Waals surface area contributed by atoms with Crippen LogP contribution in [0.4, 0.5) is 15.8 Å². The summed E-state index contributed by atoms with van der Waals surface area (Å²) >= 11 is 0. The van der Waals surface area contributed by atoms with Crippen LogP contribution in [0.1, 0.15) is 11.1 Å². The highest BCUT2D eigenvalue weighted by molar-refractivity contribution is 5.91. The number of aryl methyl sites for hydroxylation is 3. The number of pyridine rings is 1. The standard InChI is InChI=1S/C19H21FN4O4/c1-10-4-5-13(11(2)6-10)22-16-14-17(23(3)19(28)15(16)20)21-9-24(18(14)27)7-12(26)8-25/h4-6,9,12,22,25-26H,7-8H2,1-3H3/t12-/m1/s1. The molecule has 3 N–H and O–H groups in total. The largest absolute Gasteiger partial charge is 0.394 e. The Labute approximate surface area is 159 Å². The molecule has 0 spiro atoms. The molecule has 1 aromatic carbocycles. The van der Waals surface area contributed by atoms with E-state index in [9.17, 15) is 19.1 Å². The molecule has 0 aliphatic heterocycles. The van der Waals surface area contributed by atoms with E-state index in [-0.39, 0.29) is 23.3 Å². The van der Waals surface area contributed by atoms with Crippen LogP contribution in [-0.2, 0) is 13.6 Å². The van der Waals surface area contributed by atoms with Gasteiger partial charge in [0.1, 0.15) is 11.7 Å². The van der Waals surface area contributed by atoms with Gasteiger partial charge >= 0.3 is 0 Å². The number of rotatable bonds is 5. The molecule has 28 heavy (non-hydrogen) atoms. The number of aliphatic hydroxyl groups is 2. The third-order valence-electron chi connectivity index (χ3n) is 4.56. The molecule has 0 aliphatic carbocycles. The number of nitrogens with zero attached hydrogens (tertiary/aromatic N) is 3. The van der Waals surface area contributed by atoms with Gasteiger partial charge in [-0.2, -0.15) is 4.39 Å². The van der Waals surface area contributed by atoms with Crippen molar-refractivity contribution in [1.82, 2.24) is 14.1 Å². The average molecular weight is 388 g/mol. The molecule has 0 fully saturated rings. The van der Waals surface area contributed by atoms with Crippen LogP contribution in [0, 0.1) is 19.7 Å². The molecule has 9 heteroatoms. The molecule has 0 radical (unpaired) electrons. The summed E-state index contributed by atoms with van der Waals surface area (Å²) in [5.41, 5.74) is 0.560. The van der Waals surface area contributed by atoms with Gasteiger partial charge in [0, 0.05) is 12.7 Å². The Morgan fingerprint density at radius 2 is 1.96 bits per heavy atom. The molecule has 0 saturated carbocycles. The predicted octanol–water partition coefficient (Wildman–Crippen LogP) is 0.948. The lowest BCUT2D eigenvalue weighted by Gasteiger charge is -2.16. The van der Waals surface area contributed by atoms with Crippen LogP contribution in [0.3, 0.4) is 0 Å². The summed E-state index contributed by atoms with van der Waals surface area (Å²) in [6, 6.07) is 5.44. The quantitative estimate of drug-likeness (QED) is 0.600. The van der Waals surface area contributed by atoms with Crippen molar-refractivity contribution in [2.75, 3.05) is 11.9 Å². The van der Waals surface area contributed by atoms with Crippen LogP contribution in [-0.4, -0.2) is 37.0 Å². The Hall–Kier alpha value is -3.04. The second-order valence-corrected chi connectivity index (χ2v) is 6.73. The van der Waals surface area contributed by atoms with Crippen LogP contribution in [0.5, 0.6) is 0 Å². The van der Waals surface area contributed by atoms with Gasteiger partial charge in [-0.05, 0) is 25.5 Å². The molecule has 0 bridgehead atoms. The highest BCUT2D eigenvalue weighted by Gasteiger charge is 2.21. The summed E-state index contributed by atoms with van der Waals surface area (Å²) in [6.07, 6.45) is -0.0213. The van der Waals surface area contributed by atoms with Gasteiger partial charge < -0.3 is 15.5 Å². The number of aliphatic hydroxyl groups excluding tert-OH is 2. The molecule has 2 aromatic heterocycles. The number of fused-ring (bicyclic) bond motifs is 1. The fraction of sp³-hybridized carbons (Fsp3) is 0.316. The smallest absolute Gasteiger partial charge is 0.290 e. The molecule has 0 amide bonds. The maximum absolute atomic E-state index is 14.9. The number of anilines is 2. The summed E-state index contributed by atoms with van der Waals surface area (Å²) in [4.78, 5) is 29.3. The van der Waals surface area contributed by atoms with Gasteiger partial charge in [0.25, 0.3) is 11.1 Å². The maximum Gasteiger partial charge on any atom is 0.290 e. The third-order valence-corrected chi connectivity index (χ3v) is 4.56. The first-order valence-corrected chi connectivity index (χ1v) is 8.65. The van der Waals surface area contributed by atoms with Crippen LogP contribution in [0.25, 0.3) is 11.0 Å². The highest BCUT2D eigenvalue weighted by atomic mass is 19.1. The van der Waals surface area contributed by atoms with Crippen LogP contribution in [0.2, 0.25) is 0 Å². The SMILES string of the molecule is Cc1ccc(Nc2c(F)c(=O)n(C)c3ncn(C[C@@H](O)CO)c(=O)c23)c(C)c1. The summed E-state index contributed by atoms with van der Waals surface area (Å²) in [5.74, 6) is -1.10. The van der Waals surface area contributed by atoms with Gasteiger partial charge in [0.2, 0.25) is 5.82 Å². The van der Waals surface area contributed by atoms with Crippen LogP contribution >= 0.6 is 0 Å². The molecular weight excluding hydrogens is 367 g/mol. The zero-order valence-corrected chi connectivity index (χ0v) is 15.7. The summed E-state index contributed by atoms with van der Waals surface area (Å²) in [7, 11) is 1.33. The van der Waals surface area contributed by atoms with Crippen molar-refractivity contribution in [3.05, 3.63) is 62.2 Å². The van der Waals surface area contributed by atoms with E-state index >= 15 is 0 Å². The third kappa shape index (κ3) is 3.41. The lowest BCUT2D eigenvalue weighted by molar-refractivity contribution is 0.0802. The van der Waals surface area contributed by atoms with Crippen molar-refractivity contribution in [2.24, 2.45) is 7.05 Å². The molecule has 3 aromatic rings. The van der Waals surface area contributed by atoms with Gasteiger partial charge in [-0.15, -0.1) is 0 Å². The van der Waals surface area contributed by atoms with Gasteiger partial charge in [-0.1, -0.05) is 17.7 Å². The van der Waals surface area contributed by atoms with Crippen molar-refractivity contribution >= 4 is 22.4 Å². The van der Waals surface area contributed by atoms with Gasteiger partial charge in [0.15, 0.2) is 5.65 Å². The van der Waals surface area contributed by atoms with Crippen molar-refractivity contribution in [2.45, 2.75) is 26.5 Å². The lowest BCUT2D eigenvalue weighted by Crippen LogP contribution is -2.32. The van der Waals surface area contributed by atoms with Crippen LogP contribution < -0.4 is 16.4 Å². The molecule has 148 valence electrons. The minimum absolute atomic E-state index is 0.0124. The number of halogens is 1. The fourth-order valence-electron chi connectivity index (χ4n) is 3.03. The second-order valence-electron chi connectivity index (χ2n) is 6.73. The zero-order valence-electron chi connectivity index (χ0n) is 15.7. The van der Waals surface area contributed by atoms with E-state index in [0.29, 0.717) is 5.69 Å². The topological polar surface area (TPSA) is 109 Å². The monoisotopic (exact) mass is 388 g/mol. The molecule has 0 unspecified atom stereocenters. The molecular formula is C19H21FN4O4. The molecule has 0 aliphatic rings. The van der Waals surface area contributed by atoms with E-state index in [2.05, 4.69) is 10.3 Å². The number of nitrogens with one attached hydrogen (secondary N) is 1. The first kappa shape index (κ1) is 19.7. The predicted molar refractivity (Wildman–Crippen MR) is 103 cm³/mol. The Kier molecular flexibility index (Phi) is 5.30. The van der Waals surface area contributed by atoms with Crippen molar-refractivity contribution < 1.29 is 14.6 Å².